The number of aliphatic hydroxyl groups is 1. The molecule has 2 aromatic rings. The van der Waals surface area contributed by atoms with Gasteiger partial charge in [0.15, 0.2) is 0 Å². The van der Waals surface area contributed by atoms with Crippen LogP contribution in [-0.2, 0) is 19.4 Å². The Morgan fingerprint density at radius 3 is 2.80 bits per heavy atom. The summed E-state index contributed by atoms with van der Waals surface area (Å²) in [6, 6.07) is 7.13. The first-order chi connectivity index (χ1) is 14.3. The maximum absolute atomic E-state index is 13.4. The summed E-state index contributed by atoms with van der Waals surface area (Å²) < 4.78 is 0. The van der Waals surface area contributed by atoms with Gasteiger partial charge < -0.3 is 15.3 Å². The van der Waals surface area contributed by atoms with Gasteiger partial charge in [-0.2, -0.15) is 0 Å². The number of benzene rings is 1. The molecule has 1 aromatic carbocycles. The fourth-order valence-electron chi connectivity index (χ4n) is 5.20. The molecule has 156 valence electrons. The fraction of sp³-hybridized carbons (Fsp3) is 0.458. The van der Waals surface area contributed by atoms with Gasteiger partial charge in [0, 0.05) is 24.0 Å². The van der Waals surface area contributed by atoms with E-state index in [1.165, 1.54) is 0 Å². The lowest BCUT2D eigenvalue weighted by molar-refractivity contribution is -0.0224. The van der Waals surface area contributed by atoms with Gasteiger partial charge in [-0.25, -0.2) is 0 Å². The van der Waals surface area contributed by atoms with Crippen molar-refractivity contribution in [2.24, 2.45) is 5.92 Å². The largest absolute Gasteiger partial charge is 0.388 e. The maximum Gasteiger partial charge on any atom is 0.256 e. The third kappa shape index (κ3) is 3.19. The summed E-state index contributed by atoms with van der Waals surface area (Å²) in [5, 5.41) is 13.7. The molecule has 1 aliphatic heterocycles. The molecule has 0 saturated heterocycles. The van der Waals surface area contributed by atoms with E-state index in [4.69, 9.17) is 0 Å². The monoisotopic (exact) mass is 405 g/mol. The molecule has 0 bridgehead atoms. The van der Waals surface area contributed by atoms with E-state index in [9.17, 15) is 14.7 Å². The van der Waals surface area contributed by atoms with E-state index >= 15 is 0 Å². The lowest BCUT2D eigenvalue weighted by atomic mass is 9.93. The quantitative estimate of drug-likeness (QED) is 0.799. The lowest BCUT2D eigenvalue weighted by Gasteiger charge is -2.37. The van der Waals surface area contributed by atoms with Gasteiger partial charge in [0.2, 0.25) is 0 Å². The normalized spacial score (nSPS) is 18.9. The molecular formula is C24H27N3O3. The second kappa shape index (κ2) is 6.91. The highest BCUT2D eigenvalue weighted by atomic mass is 16.3. The minimum atomic E-state index is -0.972. The molecular weight excluding hydrogens is 378 g/mol. The first-order valence-corrected chi connectivity index (χ1v) is 10.8. The summed E-state index contributed by atoms with van der Waals surface area (Å²) >= 11 is 0. The van der Waals surface area contributed by atoms with Crippen LogP contribution in [0.1, 0.15) is 70.6 Å². The molecule has 2 amide bonds. The number of fused-ring (bicyclic) bond motifs is 2. The van der Waals surface area contributed by atoms with Gasteiger partial charge in [-0.15, -0.1) is 0 Å². The van der Waals surface area contributed by atoms with Gasteiger partial charge in [0.25, 0.3) is 11.8 Å². The Morgan fingerprint density at radius 2 is 2.07 bits per heavy atom. The van der Waals surface area contributed by atoms with Crippen molar-refractivity contribution in [2.45, 2.75) is 64.1 Å². The van der Waals surface area contributed by atoms with Crippen LogP contribution in [0.25, 0.3) is 0 Å². The zero-order chi connectivity index (χ0) is 21.0. The number of pyridine rings is 1. The molecule has 1 aromatic heterocycles. The average Bonchev–Trinajstić information content (AvgIpc) is 3.29. The summed E-state index contributed by atoms with van der Waals surface area (Å²) in [6.07, 6.45) is 6.53. The summed E-state index contributed by atoms with van der Waals surface area (Å²) in [5.41, 5.74) is 3.68. The van der Waals surface area contributed by atoms with Crippen LogP contribution in [0.4, 0.5) is 5.69 Å². The van der Waals surface area contributed by atoms with Crippen LogP contribution in [0.5, 0.6) is 0 Å². The Bertz CT molecular complexity index is 1040. The van der Waals surface area contributed by atoms with E-state index in [1.807, 2.05) is 12.1 Å². The van der Waals surface area contributed by atoms with Gasteiger partial charge in [0.1, 0.15) is 0 Å². The van der Waals surface area contributed by atoms with Crippen molar-refractivity contribution < 1.29 is 14.7 Å². The third-order valence-corrected chi connectivity index (χ3v) is 6.57. The maximum atomic E-state index is 13.4. The minimum Gasteiger partial charge on any atom is -0.388 e. The summed E-state index contributed by atoms with van der Waals surface area (Å²) in [6.45, 7) is 4.02. The van der Waals surface area contributed by atoms with E-state index in [0.29, 0.717) is 29.3 Å². The van der Waals surface area contributed by atoms with E-state index in [2.05, 4.69) is 10.3 Å². The number of carbonyl (C=O) groups is 2. The topological polar surface area (TPSA) is 82.5 Å². The van der Waals surface area contributed by atoms with E-state index in [0.717, 1.165) is 48.9 Å². The Morgan fingerprint density at radius 1 is 1.27 bits per heavy atom. The zero-order valence-corrected chi connectivity index (χ0v) is 17.4. The predicted octanol–water partition coefficient (Wildman–Crippen LogP) is 3.33. The Labute approximate surface area is 176 Å². The van der Waals surface area contributed by atoms with Crippen molar-refractivity contribution in [1.29, 1.82) is 0 Å². The highest BCUT2D eigenvalue weighted by Crippen LogP contribution is 2.43. The van der Waals surface area contributed by atoms with E-state index in [-0.39, 0.29) is 17.9 Å². The second-order valence-electron chi connectivity index (χ2n) is 9.30. The van der Waals surface area contributed by atoms with Gasteiger partial charge >= 0.3 is 0 Å². The third-order valence-electron chi connectivity index (χ3n) is 6.57. The first-order valence-electron chi connectivity index (χ1n) is 10.8. The Hall–Kier alpha value is -2.73. The predicted molar refractivity (Wildman–Crippen MR) is 113 cm³/mol. The van der Waals surface area contributed by atoms with Crippen molar-refractivity contribution in [3.8, 4) is 0 Å². The molecule has 30 heavy (non-hydrogen) atoms. The number of rotatable bonds is 5. The average molecular weight is 405 g/mol. The van der Waals surface area contributed by atoms with Crippen LogP contribution in [0.2, 0.25) is 0 Å². The highest BCUT2D eigenvalue weighted by Gasteiger charge is 2.48. The molecule has 1 atom stereocenters. The van der Waals surface area contributed by atoms with Crippen molar-refractivity contribution >= 4 is 17.5 Å². The number of amides is 2. The molecule has 1 fully saturated rings. The van der Waals surface area contributed by atoms with Crippen molar-refractivity contribution in [2.75, 3.05) is 5.32 Å². The number of aryl methyl sites for hydroxylation is 1. The smallest absolute Gasteiger partial charge is 0.256 e. The summed E-state index contributed by atoms with van der Waals surface area (Å²) in [7, 11) is 0. The zero-order valence-electron chi connectivity index (χ0n) is 17.4. The van der Waals surface area contributed by atoms with Gasteiger partial charge in [0.05, 0.1) is 22.9 Å². The number of nitrogens with one attached hydrogen (secondary N) is 1. The standard InChI is InChI=1S/C24H27N3O3/c1-24(2,30)21(14-9-10-14)27-13-15-5-3-8-19(20(15)23(27)29)26-22(28)17-11-12-25-18-7-4-6-16(17)18/h3,5,8,11-12,14,21,30H,4,6-7,9-10,13H2,1-2H3,(H,26,28)/t21-/m0/s1. The van der Waals surface area contributed by atoms with Crippen LogP contribution >= 0.6 is 0 Å². The SMILES string of the molecule is CC(C)(O)[C@H](C1CC1)N1Cc2cccc(NC(=O)c3ccnc4c3CCC4)c2C1=O. The van der Waals surface area contributed by atoms with Crippen LogP contribution in [0.3, 0.4) is 0 Å². The second-order valence-corrected chi connectivity index (χ2v) is 9.30. The van der Waals surface area contributed by atoms with Crippen LogP contribution in [-0.4, -0.2) is 38.4 Å². The van der Waals surface area contributed by atoms with Crippen LogP contribution in [0, 0.1) is 5.92 Å². The number of nitrogens with zero attached hydrogens (tertiary/aromatic N) is 2. The van der Waals surface area contributed by atoms with Crippen molar-refractivity contribution in [3.05, 3.63) is 58.4 Å². The molecule has 3 aliphatic rings. The summed E-state index contributed by atoms with van der Waals surface area (Å²) in [5.74, 6) is 0.0250. The van der Waals surface area contributed by atoms with Crippen LogP contribution in [0.15, 0.2) is 30.5 Å². The molecule has 0 radical (unpaired) electrons. The molecule has 0 unspecified atom stereocenters. The first kappa shape index (κ1) is 19.2. The number of hydrogen-bond donors (Lipinski definition) is 2. The summed E-state index contributed by atoms with van der Waals surface area (Å²) in [4.78, 5) is 32.6. The number of aromatic nitrogens is 1. The van der Waals surface area contributed by atoms with E-state index < -0.39 is 5.60 Å². The molecule has 1 saturated carbocycles. The minimum absolute atomic E-state index is 0.111. The van der Waals surface area contributed by atoms with Gasteiger partial charge in [-0.05, 0) is 75.1 Å². The van der Waals surface area contributed by atoms with E-state index in [1.54, 1.807) is 37.1 Å². The lowest BCUT2D eigenvalue weighted by Crippen LogP contribution is -2.51. The molecule has 0 spiro atoms. The van der Waals surface area contributed by atoms with Crippen molar-refractivity contribution in [1.82, 2.24) is 9.88 Å². The van der Waals surface area contributed by atoms with Crippen LogP contribution < -0.4 is 5.32 Å². The Balaban J connectivity index is 1.44. The molecule has 2 heterocycles. The number of anilines is 1. The molecule has 2 aliphatic carbocycles. The molecule has 2 N–H and O–H groups in total. The van der Waals surface area contributed by atoms with Gasteiger partial charge in [-0.1, -0.05) is 12.1 Å². The number of hydrogen-bond acceptors (Lipinski definition) is 4. The van der Waals surface area contributed by atoms with Crippen molar-refractivity contribution in [3.63, 3.8) is 0 Å². The van der Waals surface area contributed by atoms with Gasteiger partial charge in [-0.3, -0.25) is 14.6 Å². The molecule has 6 nitrogen and oxygen atoms in total. The fourth-order valence-corrected chi connectivity index (χ4v) is 5.20. The Kier molecular flexibility index (Phi) is 4.43. The number of carbonyl (C=O) groups excluding carboxylic acids is 2. The highest BCUT2D eigenvalue weighted by molar-refractivity contribution is 6.11. The molecule has 5 rings (SSSR count). The molecule has 6 heteroatoms.